The number of hydrogen-bond acceptors (Lipinski definition) is 17. The molecule has 2 fully saturated rings. The first-order chi connectivity index (χ1) is 21.0. The van der Waals surface area contributed by atoms with Crippen LogP contribution in [0.2, 0.25) is 0 Å². The second-order valence-corrected chi connectivity index (χ2v) is 12.7. The van der Waals surface area contributed by atoms with Crippen LogP contribution in [0.3, 0.4) is 0 Å². The lowest BCUT2D eigenvalue weighted by atomic mass is 10.1. The SMILES string of the molecule is Nc1nc2c(nnn2[C@@H]2O[C@H](CO)[C@H](F)[C@H]2OP(O)(=S)OC[C@H]2O[C@@H](c3cnc4c(N)ncnn34)C[C@@H]2O)c(=O)[nH]1.O=PS. The number of aliphatic hydroxyl groups excluding tert-OH is 2. The Balaban J connectivity index is 0.00000123. The molecule has 6 rings (SSSR count). The zero-order valence-electron chi connectivity index (χ0n) is 22.0. The maximum Gasteiger partial charge on any atom is 0.325 e. The van der Waals surface area contributed by atoms with Crippen LogP contribution in [-0.2, 0) is 34.9 Å². The van der Waals surface area contributed by atoms with E-state index < -0.39 is 68.4 Å². The lowest BCUT2D eigenvalue weighted by Gasteiger charge is -2.25. The van der Waals surface area contributed by atoms with Gasteiger partial charge in [-0.2, -0.15) is 14.8 Å². The smallest absolute Gasteiger partial charge is 0.325 e. The summed E-state index contributed by atoms with van der Waals surface area (Å²) in [5.74, 6) is -0.0996. The number of aliphatic hydroxyl groups is 2. The third kappa shape index (κ3) is 6.44. The van der Waals surface area contributed by atoms with Crippen LogP contribution in [0.4, 0.5) is 16.2 Å². The summed E-state index contributed by atoms with van der Waals surface area (Å²) in [6, 6.07) is 0. The minimum Gasteiger partial charge on any atom is -0.394 e. The van der Waals surface area contributed by atoms with Crippen molar-refractivity contribution >= 4 is 67.0 Å². The molecule has 25 heteroatoms. The van der Waals surface area contributed by atoms with Gasteiger partial charge < -0.3 is 40.6 Å². The van der Waals surface area contributed by atoms with Crippen molar-refractivity contribution in [2.45, 2.75) is 49.3 Å². The summed E-state index contributed by atoms with van der Waals surface area (Å²) in [7, 11) is -0.139. The number of ether oxygens (including phenoxy) is 2. The number of thiol groups is 1. The third-order valence-corrected chi connectivity index (χ3v) is 8.17. The normalized spacial score (nSPS) is 28.3. The number of aromatic nitrogens is 9. The molecule has 8 N–H and O–H groups in total. The number of anilines is 2. The van der Waals surface area contributed by atoms with Crippen LogP contribution in [-0.4, -0.2) is 103 Å². The Morgan fingerprint density at radius 2 is 2.05 bits per heavy atom. The Morgan fingerprint density at radius 1 is 1.30 bits per heavy atom. The van der Waals surface area contributed by atoms with Crippen LogP contribution in [0.1, 0.15) is 24.4 Å². The summed E-state index contributed by atoms with van der Waals surface area (Å²) in [5.41, 5.74) is 11.2. The molecule has 2 saturated heterocycles. The second kappa shape index (κ2) is 13.3. The third-order valence-electron chi connectivity index (χ3n) is 6.61. The number of nitrogen functional groups attached to an aromatic ring is 2. The minimum atomic E-state index is -4.23. The predicted molar refractivity (Wildman–Crippen MR) is 154 cm³/mol. The number of nitrogens with zero attached hydrogens (tertiary/aromatic N) is 8. The van der Waals surface area contributed by atoms with E-state index in [0.29, 0.717) is 11.3 Å². The van der Waals surface area contributed by atoms with Gasteiger partial charge in [-0.1, -0.05) is 17.5 Å². The van der Waals surface area contributed by atoms with Crippen LogP contribution in [0, 0.1) is 0 Å². The maximum atomic E-state index is 15.3. The van der Waals surface area contributed by atoms with E-state index in [4.69, 9.17) is 46.4 Å². The van der Waals surface area contributed by atoms with E-state index in [1.807, 2.05) is 0 Å². The number of nitrogens with one attached hydrogen (secondary N) is 1. The zero-order valence-corrected chi connectivity index (χ0v) is 25.5. The summed E-state index contributed by atoms with van der Waals surface area (Å²) in [6.07, 6.45) is -6.31. The average Bonchev–Trinajstić information content (AvgIpc) is 3.74. The Labute approximate surface area is 256 Å². The fourth-order valence-electron chi connectivity index (χ4n) is 4.67. The number of halogens is 1. The largest absolute Gasteiger partial charge is 0.394 e. The second-order valence-electron chi connectivity index (χ2n) is 9.30. The molecule has 2 aliphatic rings. The molecule has 0 bridgehead atoms. The standard InChI is InChI=1S/C19H23FN11O8PS.HOPS/c20-11-9(3-32)38-18(31-15-12(28-29-31)17(34)27-19(22)26-15)13(11)39-40(35,41)36-4-10-7(33)1-8(37-10)6-2-23-16-14(21)24-5-25-30(6)16;1-2-3/h2,5,7-11,13,18,32-33H,1,3-4H2,(H,35,41)(H2,21,24,25)(H3,22,26,27,34);(H,1,3)/t7-,8+,9+,10+,11-,13+,18+,40?;/m0./s1. The van der Waals surface area contributed by atoms with Crippen molar-refractivity contribution in [3.63, 3.8) is 0 Å². The highest BCUT2D eigenvalue weighted by Gasteiger charge is 2.50. The van der Waals surface area contributed by atoms with Gasteiger partial charge in [-0.25, -0.2) is 18.9 Å². The molecule has 0 aliphatic carbocycles. The lowest BCUT2D eigenvalue weighted by molar-refractivity contribution is -0.0569. The predicted octanol–water partition coefficient (Wildman–Crippen LogP) is -1.02. The van der Waals surface area contributed by atoms with Gasteiger partial charge in [0.2, 0.25) is 13.6 Å². The summed E-state index contributed by atoms with van der Waals surface area (Å²) in [4.78, 5) is 37.2. The van der Waals surface area contributed by atoms with E-state index in [1.54, 1.807) is 0 Å². The van der Waals surface area contributed by atoms with Gasteiger partial charge in [0, 0.05) is 6.42 Å². The van der Waals surface area contributed by atoms with Crippen molar-refractivity contribution in [2.75, 3.05) is 24.7 Å². The van der Waals surface area contributed by atoms with Gasteiger partial charge in [0.1, 0.15) is 30.7 Å². The highest BCUT2D eigenvalue weighted by molar-refractivity contribution is 8.33. The van der Waals surface area contributed by atoms with Gasteiger partial charge in [-0.05, 0) is 11.8 Å². The van der Waals surface area contributed by atoms with Crippen molar-refractivity contribution in [1.29, 1.82) is 0 Å². The van der Waals surface area contributed by atoms with E-state index in [-0.39, 0.29) is 37.0 Å². The molecule has 44 heavy (non-hydrogen) atoms. The summed E-state index contributed by atoms with van der Waals surface area (Å²) >= 11 is 8.31. The van der Waals surface area contributed by atoms with Gasteiger partial charge in [0.25, 0.3) is 5.56 Å². The van der Waals surface area contributed by atoms with E-state index in [2.05, 4.69) is 47.6 Å². The fraction of sp³-hybridized carbons (Fsp3) is 0.526. The van der Waals surface area contributed by atoms with E-state index in [0.717, 1.165) is 4.68 Å². The van der Waals surface area contributed by atoms with Crippen LogP contribution in [0.15, 0.2) is 17.3 Å². The summed E-state index contributed by atoms with van der Waals surface area (Å²) in [6.45, 7) is -5.40. The Kier molecular flexibility index (Phi) is 9.82. The highest BCUT2D eigenvalue weighted by Crippen LogP contribution is 2.50. The molecule has 4 aromatic rings. The van der Waals surface area contributed by atoms with E-state index in [9.17, 15) is 19.9 Å². The van der Waals surface area contributed by atoms with Gasteiger partial charge >= 0.3 is 6.72 Å². The molecule has 0 saturated carbocycles. The zero-order chi connectivity index (χ0) is 31.8. The number of imidazole rings is 1. The van der Waals surface area contributed by atoms with Crippen molar-refractivity contribution in [2.24, 2.45) is 0 Å². The van der Waals surface area contributed by atoms with Crippen LogP contribution < -0.4 is 17.0 Å². The van der Waals surface area contributed by atoms with Crippen LogP contribution >= 0.6 is 26.6 Å². The molecule has 0 spiro atoms. The monoisotopic (exact) mass is 695 g/mol. The minimum absolute atomic E-state index is 0.138. The number of fused-ring (bicyclic) bond motifs is 2. The highest BCUT2D eigenvalue weighted by atomic mass is 32.7. The number of nitrogens with two attached hydrogens (primary N) is 2. The fourth-order valence-corrected chi connectivity index (χ4v) is 6.08. The van der Waals surface area contributed by atoms with Gasteiger partial charge in [-0.15, -0.1) is 5.10 Å². The maximum absolute atomic E-state index is 15.3. The van der Waals surface area contributed by atoms with Crippen molar-refractivity contribution in [3.05, 3.63) is 28.6 Å². The number of alkyl halides is 1. The molecule has 8 atom stereocenters. The first-order valence-corrected chi connectivity index (χ1v) is 16.9. The van der Waals surface area contributed by atoms with E-state index in [1.165, 1.54) is 17.0 Å². The molecule has 238 valence electrons. The van der Waals surface area contributed by atoms with Crippen LogP contribution in [0.25, 0.3) is 16.8 Å². The first-order valence-electron chi connectivity index (χ1n) is 12.4. The Hall–Kier alpha value is -2.82. The molecule has 20 nitrogen and oxygen atoms in total. The van der Waals surface area contributed by atoms with Crippen molar-refractivity contribution in [3.8, 4) is 0 Å². The van der Waals surface area contributed by atoms with Gasteiger partial charge in [0.15, 0.2) is 35.0 Å². The van der Waals surface area contributed by atoms with E-state index >= 15 is 4.39 Å². The topological polar surface area (TPSA) is 286 Å². The van der Waals surface area contributed by atoms with Gasteiger partial charge in [0.05, 0.1) is 31.2 Å². The summed E-state index contributed by atoms with van der Waals surface area (Å²) in [5, 5.41) is 31.8. The average molecular weight is 696 g/mol. The summed E-state index contributed by atoms with van der Waals surface area (Å²) < 4.78 is 48.8. The lowest BCUT2D eigenvalue weighted by Crippen LogP contribution is -2.33. The molecule has 6 heterocycles. The Morgan fingerprint density at radius 3 is 2.77 bits per heavy atom. The molecular weight excluding hydrogens is 671 g/mol. The van der Waals surface area contributed by atoms with Gasteiger partial charge in [-0.3, -0.25) is 18.9 Å². The molecule has 0 aromatic carbocycles. The molecule has 1 unspecified atom stereocenters. The molecule has 2 aliphatic heterocycles. The number of H-pyrrole nitrogens is 1. The van der Waals surface area contributed by atoms with Crippen molar-refractivity contribution in [1.82, 2.24) is 44.5 Å². The quantitative estimate of drug-likeness (QED) is 0.0857. The molecular formula is C19H24FN11O9P2S2. The van der Waals surface area contributed by atoms with Crippen molar-refractivity contribution < 1.29 is 42.6 Å². The molecule has 4 aromatic heterocycles. The first kappa shape index (κ1) is 32.6. The number of rotatable bonds is 8. The number of aromatic amines is 1. The Bertz CT molecular complexity index is 1760. The molecule has 0 radical (unpaired) electrons. The number of hydrogen-bond donors (Lipinski definition) is 7. The molecule has 0 amide bonds. The van der Waals surface area contributed by atoms with Crippen LogP contribution in [0.5, 0.6) is 0 Å².